The first-order valence-electron chi connectivity index (χ1n) is 9.65. The molecular weight excluding hydrogens is 344 g/mol. The van der Waals surface area contributed by atoms with E-state index in [9.17, 15) is 9.59 Å². The number of ether oxygens (including phenoxy) is 2. The number of aromatic amines is 1. The van der Waals surface area contributed by atoms with Crippen molar-refractivity contribution < 1.29 is 14.3 Å². The highest BCUT2D eigenvalue weighted by atomic mass is 16.6. The van der Waals surface area contributed by atoms with Gasteiger partial charge < -0.3 is 14.5 Å². The van der Waals surface area contributed by atoms with E-state index < -0.39 is 0 Å². The number of esters is 1. The molecule has 0 amide bonds. The van der Waals surface area contributed by atoms with Gasteiger partial charge in [-0.2, -0.15) is 5.26 Å². The highest BCUT2D eigenvalue weighted by molar-refractivity contribution is 5.70. The maximum absolute atomic E-state index is 12.3. The smallest absolute Gasteiger partial charge is 0.306 e. The number of nitriles is 1. The molecule has 6 heteroatoms. The summed E-state index contributed by atoms with van der Waals surface area (Å²) in [5.41, 5.74) is 1.70. The minimum Gasteiger partial charge on any atom is -0.462 e. The first kappa shape index (κ1) is 21.2. The first-order chi connectivity index (χ1) is 12.7. The molecule has 0 radical (unpaired) electrons. The molecule has 2 atom stereocenters. The van der Waals surface area contributed by atoms with Crippen molar-refractivity contribution in [2.45, 2.75) is 78.9 Å². The number of aryl methyl sites for hydroxylation is 1. The van der Waals surface area contributed by atoms with Crippen LogP contribution in [0.4, 0.5) is 0 Å². The quantitative estimate of drug-likeness (QED) is 0.557. The third-order valence-corrected chi connectivity index (χ3v) is 5.68. The van der Waals surface area contributed by atoms with Gasteiger partial charge in [-0.25, -0.2) is 0 Å². The largest absolute Gasteiger partial charge is 0.462 e. The number of H-pyrrole nitrogens is 1. The van der Waals surface area contributed by atoms with Crippen molar-refractivity contribution in [2.24, 2.45) is 5.41 Å². The highest BCUT2D eigenvalue weighted by Crippen LogP contribution is 2.45. The molecule has 2 rings (SSSR count). The van der Waals surface area contributed by atoms with Gasteiger partial charge in [-0.15, -0.1) is 0 Å². The van der Waals surface area contributed by atoms with E-state index in [4.69, 9.17) is 14.7 Å². The van der Waals surface area contributed by atoms with E-state index in [0.717, 1.165) is 31.4 Å². The van der Waals surface area contributed by atoms with E-state index in [1.165, 1.54) is 0 Å². The molecule has 148 valence electrons. The lowest BCUT2D eigenvalue weighted by atomic mass is 9.66. The molecular formula is C21H30N2O4. The van der Waals surface area contributed by atoms with Crippen LogP contribution in [0.5, 0.6) is 0 Å². The number of nitrogens with zero attached hydrogens (tertiary/aromatic N) is 1. The molecule has 1 heterocycles. The lowest BCUT2D eigenvalue weighted by molar-refractivity contribution is -0.203. The van der Waals surface area contributed by atoms with Gasteiger partial charge in [0.1, 0.15) is 17.7 Å². The zero-order chi connectivity index (χ0) is 20.2. The van der Waals surface area contributed by atoms with Crippen molar-refractivity contribution in [2.75, 3.05) is 6.61 Å². The number of carbonyl (C=O) groups is 1. The molecule has 0 saturated heterocycles. The predicted molar refractivity (Wildman–Crippen MR) is 102 cm³/mol. The number of carbonyl (C=O) groups excluding carboxylic acids is 1. The summed E-state index contributed by atoms with van der Waals surface area (Å²) in [6, 6.07) is 1.93. The van der Waals surface area contributed by atoms with E-state index in [-0.39, 0.29) is 41.1 Å². The van der Waals surface area contributed by atoms with Gasteiger partial charge >= 0.3 is 5.97 Å². The zero-order valence-corrected chi connectivity index (χ0v) is 17.0. The number of unbranched alkanes of at least 4 members (excludes halogenated alkanes) is 1. The van der Waals surface area contributed by atoms with Crippen LogP contribution in [0.3, 0.4) is 0 Å². The SMILES string of the molecule is CCCCOC1CC(OC(=O)CCc2c(C)[nH]c(=O)c(C#N)c2C)C1(C)C. The van der Waals surface area contributed by atoms with Crippen LogP contribution in [0.25, 0.3) is 0 Å². The van der Waals surface area contributed by atoms with Gasteiger partial charge in [0.2, 0.25) is 0 Å². The monoisotopic (exact) mass is 374 g/mol. The van der Waals surface area contributed by atoms with Crippen LogP contribution in [-0.4, -0.2) is 29.8 Å². The van der Waals surface area contributed by atoms with E-state index in [2.05, 4.69) is 25.8 Å². The lowest BCUT2D eigenvalue weighted by Crippen LogP contribution is -2.56. The topological polar surface area (TPSA) is 92.2 Å². The molecule has 0 spiro atoms. The second-order valence-electron chi connectivity index (χ2n) is 7.92. The summed E-state index contributed by atoms with van der Waals surface area (Å²) in [6.45, 7) is 10.5. The van der Waals surface area contributed by atoms with E-state index in [1.54, 1.807) is 13.8 Å². The molecule has 1 aliphatic carbocycles. The maximum atomic E-state index is 12.3. The van der Waals surface area contributed by atoms with Crippen molar-refractivity contribution >= 4 is 5.97 Å². The fraction of sp³-hybridized carbons (Fsp3) is 0.667. The fourth-order valence-corrected chi connectivity index (χ4v) is 3.57. The van der Waals surface area contributed by atoms with Gasteiger partial charge in [-0.3, -0.25) is 9.59 Å². The maximum Gasteiger partial charge on any atom is 0.306 e. The predicted octanol–water partition coefficient (Wildman–Crippen LogP) is 3.32. The number of rotatable bonds is 8. The number of aromatic nitrogens is 1. The summed E-state index contributed by atoms with van der Waals surface area (Å²) >= 11 is 0. The number of nitrogens with one attached hydrogen (secondary N) is 1. The van der Waals surface area contributed by atoms with Crippen molar-refractivity contribution in [1.82, 2.24) is 4.98 Å². The zero-order valence-electron chi connectivity index (χ0n) is 17.0. The Morgan fingerprint density at radius 1 is 1.33 bits per heavy atom. The molecule has 1 aliphatic rings. The number of hydrogen-bond donors (Lipinski definition) is 1. The Bertz CT molecular complexity index is 789. The fourth-order valence-electron chi connectivity index (χ4n) is 3.57. The van der Waals surface area contributed by atoms with Crippen LogP contribution in [0.2, 0.25) is 0 Å². The highest BCUT2D eigenvalue weighted by Gasteiger charge is 2.51. The van der Waals surface area contributed by atoms with Gasteiger partial charge in [-0.05, 0) is 37.8 Å². The molecule has 0 bridgehead atoms. The Labute approximate surface area is 160 Å². The van der Waals surface area contributed by atoms with Gasteiger partial charge in [0, 0.05) is 30.6 Å². The van der Waals surface area contributed by atoms with Crippen LogP contribution < -0.4 is 5.56 Å². The lowest BCUT2D eigenvalue weighted by Gasteiger charge is -2.50. The van der Waals surface area contributed by atoms with Gasteiger partial charge in [-0.1, -0.05) is 27.2 Å². The third kappa shape index (κ3) is 4.59. The number of hydrogen-bond acceptors (Lipinski definition) is 5. The molecule has 0 aliphatic heterocycles. The molecule has 6 nitrogen and oxygen atoms in total. The Morgan fingerprint density at radius 2 is 2.04 bits per heavy atom. The van der Waals surface area contributed by atoms with Gasteiger partial charge in [0.25, 0.3) is 5.56 Å². The normalized spacial score (nSPS) is 20.6. The van der Waals surface area contributed by atoms with Crippen LogP contribution in [-0.2, 0) is 20.7 Å². The van der Waals surface area contributed by atoms with Gasteiger partial charge in [0.15, 0.2) is 0 Å². The van der Waals surface area contributed by atoms with Crippen LogP contribution in [0.15, 0.2) is 4.79 Å². The molecule has 1 fully saturated rings. The van der Waals surface area contributed by atoms with Crippen molar-refractivity contribution in [3.8, 4) is 6.07 Å². The summed E-state index contributed by atoms with van der Waals surface area (Å²) in [5.74, 6) is -0.261. The molecule has 2 unspecified atom stereocenters. The van der Waals surface area contributed by atoms with Crippen LogP contribution in [0.1, 0.15) is 68.8 Å². The van der Waals surface area contributed by atoms with Crippen LogP contribution in [0, 0.1) is 30.6 Å². The second-order valence-corrected chi connectivity index (χ2v) is 7.92. The minimum absolute atomic E-state index is 0.108. The standard InChI is InChI=1S/C21H30N2O4/c1-6-7-10-26-17-11-18(21(17,4)5)27-19(24)9-8-15-13(2)16(12-22)20(25)23-14(15)3/h17-18H,6-11H2,1-5H3,(H,23,25). The summed E-state index contributed by atoms with van der Waals surface area (Å²) in [4.78, 5) is 26.8. The Hall–Kier alpha value is -2.13. The molecule has 1 aromatic rings. The minimum atomic E-state index is -0.385. The summed E-state index contributed by atoms with van der Waals surface area (Å²) < 4.78 is 11.6. The second kappa shape index (κ2) is 8.71. The molecule has 1 aromatic heterocycles. The van der Waals surface area contributed by atoms with Crippen molar-refractivity contribution in [3.05, 3.63) is 32.7 Å². The van der Waals surface area contributed by atoms with Crippen LogP contribution >= 0.6 is 0 Å². The Balaban J connectivity index is 1.91. The summed E-state index contributed by atoms with van der Waals surface area (Å²) in [5, 5.41) is 9.14. The average molecular weight is 374 g/mol. The first-order valence-corrected chi connectivity index (χ1v) is 9.65. The third-order valence-electron chi connectivity index (χ3n) is 5.68. The Kier molecular flexibility index (Phi) is 6.83. The Morgan fingerprint density at radius 3 is 2.63 bits per heavy atom. The molecule has 27 heavy (non-hydrogen) atoms. The summed E-state index contributed by atoms with van der Waals surface area (Å²) in [7, 11) is 0. The van der Waals surface area contributed by atoms with E-state index in [1.807, 2.05) is 6.07 Å². The van der Waals surface area contributed by atoms with Crippen molar-refractivity contribution in [1.29, 1.82) is 5.26 Å². The molecule has 1 N–H and O–H groups in total. The van der Waals surface area contributed by atoms with E-state index >= 15 is 0 Å². The van der Waals surface area contributed by atoms with Gasteiger partial charge in [0.05, 0.1) is 6.10 Å². The van der Waals surface area contributed by atoms with E-state index in [0.29, 0.717) is 17.7 Å². The molecule has 1 saturated carbocycles. The van der Waals surface area contributed by atoms with Crippen molar-refractivity contribution in [3.63, 3.8) is 0 Å². The molecule has 0 aromatic carbocycles. The number of pyridine rings is 1. The summed E-state index contributed by atoms with van der Waals surface area (Å²) in [6.07, 6.45) is 3.52. The average Bonchev–Trinajstić information content (AvgIpc) is 2.60.